The van der Waals surface area contributed by atoms with Gasteiger partial charge in [0.25, 0.3) is 0 Å². The molecule has 1 aliphatic rings. The fourth-order valence-corrected chi connectivity index (χ4v) is 4.06. The molecular formula is C23H16ClN7O2. The Balaban J connectivity index is 1.79. The first-order valence-electron chi connectivity index (χ1n) is 10.1. The van der Waals surface area contributed by atoms with Gasteiger partial charge in [0.1, 0.15) is 12.1 Å². The van der Waals surface area contributed by atoms with Gasteiger partial charge < -0.3 is 4.74 Å². The second-order valence-electron chi connectivity index (χ2n) is 7.17. The van der Waals surface area contributed by atoms with Gasteiger partial charge in [-0.05, 0) is 42.8 Å². The van der Waals surface area contributed by atoms with Gasteiger partial charge in [0.15, 0.2) is 0 Å². The highest BCUT2D eigenvalue weighted by Crippen LogP contribution is 2.46. The van der Waals surface area contributed by atoms with Crippen molar-refractivity contribution in [3.05, 3.63) is 88.6 Å². The molecule has 0 amide bonds. The van der Waals surface area contributed by atoms with E-state index in [1.54, 1.807) is 46.9 Å². The highest BCUT2D eigenvalue weighted by Gasteiger charge is 2.39. The van der Waals surface area contributed by atoms with Gasteiger partial charge in [0, 0.05) is 16.8 Å². The summed E-state index contributed by atoms with van der Waals surface area (Å²) in [4.78, 5) is 23.3. The Hall–Kier alpha value is -4.29. The number of benzene rings is 2. The lowest BCUT2D eigenvalue weighted by molar-refractivity contribution is 0.0505. The third-order valence-corrected chi connectivity index (χ3v) is 5.48. The van der Waals surface area contributed by atoms with E-state index < -0.39 is 12.0 Å². The molecule has 2 aromatic carbocycles. The van der Waals surface area contributed by atoms with Crippen molar-refractivity contribution in [3.8, 4) is 6.07 Å². The van der Waals surface area contributed by atoms with E-state index in [9.17, 15) is 10.1 Å². The average Bonchev–Trinajstić information content (AvgIpc) is 3.27. The molecule has 1 unspecified atom stereocenters. The molecule has 3 heterocycles. The first-order chi connectivity index (χ1) is 16.1. The lowest BCUT2D eigenvalue weighted by Gasteiger charge is -2.35. The quantitative estimate of drug-likeness (QED) is 0.369. The molecule has 1 aliphatic heterocycles. The van der Waals surface area contributed by atoms with E-state index in [4.69, 9.17) is 16.3 Å². The van der Waals surface area contributed by atoms with Gasteiger partial charge >= 0.3 is 5.97 Å². The Labute approximate surface area is 193 Å². The number of esters is 1. The van der Waals surface area contributed by atoms with Crippen molar-refractivity contribution >= 4 is 35.0 Å². The molecule has 0 saturated carbocycles. The van der Waals surface area contributed by atoms with Crippen LogP contribution in [0.2, 0.25) is 5.02 Å². The molecule has 0 spiro atoms. The Morgan fingerprint density at radius 3 is 2.76 bits per heavy atom. The van der Waals surface area contributed by atoms with E-state index in [1.807, 2.05) is 24.3 Å². The monoisotopic (exact) mass is 457 g/mol. The molecule has 0 N–H and O–H groups in total. The number of hydrogen-bond acceptors (Lipinski definition) is 8. The van der Waals surface area contributed by atoms with Gasteiger partial charge in [-0.15, -0.1) is 10.2 Å². The number of fused-ring (bicyclic) bond motifs is 2. The molecule has 33 heavy (non-hydrogen) atoms. The molecule has 1 atom stereocenters. The zero-order valence-electron chi connectivity index (χ0n) is 17.4. The average molecular weight is 458 g/mol. The topological polar surface area (TPSA) is 110 Å². The molecule has 9 nitrogen and oxygen atoms in total. The maximum absolute atomic E-state index is 12.8. The van der Waals surface area contributed by atoms with Crippen molar-refractivity contribution in [2.24, 2.45) is 0 Å². The summed E-state index contributed by atoms with van der Waals surface area (Å²) in [6.07, 6.45) is 3.14. The molecule has 0 bridgehead atoms. The van der Waals surface area contributed by atoms with Gasteiger partial charge in [-0.3, -0.25) is 9.47 Å². The summed E-state index contributed by atoms with van der Waals surface area (Å²) in [7, 11) is 0. The lowest BCUT2D eigenvalue weighted by atomic mass is 9.96. The summed E-state index contributed by atoms with van der Waals surface area (Å²) >= 11 is 6.27. The Bertz CT molecular complexity index is 1390. The number of nitrogens with zero attached hydrogens (tertiary/aromatic N) is 7. The maximum Gasteiger partial charge on any atom is 0.376 e. The summed E-state index contributed by atoms with van der Waals surface area (Å²) in [6.45, 7) is 1.92. The van der Waals surface area contributed by atoms with Crippen molar-refractivity contribution in [2.45, 2.75) is 13.0 Å². The molecule has 0 fully saturated rings. The summed E-state index contributed by atoms with van der Waals surface area (Å²) < 4.78 is 6.95. The van der Waals surface area contributed by atoms with Crippen LogP contribution >= 0.6 is 11.6 Å². The lowest BCUT2D eigenvalue weighted by Crippen LogP contribution is -2.30. The molecular weight excluding hydrogens is 442 g/mol. The van der Waals surface area contributed by atoms with Crippen LogP contribution in [-0.4, -0.2) is 37.3 Å². The minimum atomic E-state index is -0.596. The first kappa shape index (κ1) is 20.6. The minimum absolute atomic E-state index is 0.0442. The Morgan fingerprint density at radius 2 is 2.03 bits per heavy atom. The van der Waals surface area contributed by atoms with Crippen LogP contribution in [0.25, 0.3) is 0 Å². The van der Waals surface area contributed by atoms with Crippen LogP contribution in [0.5, 0.6) is 0 Å². The summed E-state index contributed by atoms with van der Waals surface area (Å²) in [5.74, 6) is 0.404. The first-order valence-corrected chi connectivity index (χ1v) is 10.5. The fraction of sp³-hybridized carbons (Fsp3) is 0.130. The number of carbonyl (C=O) groups is 1. The number of hydrogen-bond donors (Lipinski definition) is 0. The summed E-state index contributed by atoms with van der Waals surface area (Å²) in [5.41, 5.74) is 2.75. The SMILES string of the molecule is CCOC(=O)c1nnc2n1C(c1ccc(C#N)cc1)c1cncnc1N2c1cccc(Cl)c1. The van der Waals surface area contributed by atoms with Crippen LogP contribution in [0.15, 0.2) is 61.1 Å². The van der Waals surface area contributed by atoms with Gasteiger partial charge in [0.2, 0.25) is 11.8 Å². The molecule has 4 aromatic rings. The second kappa shape index (κ2) is 8.33. The Morgan fingerprint density at radius 1 is 1.21 bits per heavy atom. The second-order valence-corrected chi connectivity index (χ2v) is 7.60. The third-order valence-electron chi connectivity index (χ3n) is 5.24. The zero-order chi connectivity index (χ0) is 22.9. The number of anilines is 3. The van der Waals surface area contributed by atoms with Crippen LogP contribution in [0, 0.1) is 11.3 Å². The van der Waals surface area contributed by atoms with E-state index in [0.29, 0.717) is 28.0 Å². The highest BCUT2D eigenvalue weighted by atomic mass is 35.5. The smallest absolute Gasteiger partial charge is 0.376 e. The minimum Gasteiger partial charge on any atom is -0.460 e. The van der Waals surface area contributed by atoms with Gasteiger partial charge in [-0.2, -0.15) is 5.26 Å². The molecule has 0 saturated heterocycles. The van der Waals surface area contributed by atoms with Crippen molar-refractivity contribution in [2.75, 3.05) is 11.5 Å². The highest BCUT2D eigenvalue weighted by molar-refractivity contribution is 6.30. The standard InChI is InChI=1S/C23H16ClN7O2/c1-2-33-22(32)21-28-29-23-30(17-5-3-4-16(24)10-17)20-18(12-26-13-27-20)19(31(21)23)15-8-6-14(11-25)7-9-15/h3-10,12-13,19H,2H2,1H3. The normalized spacial score (nSPS) is 14.2. The van der Waals surface area contributed by atoms with Gasteiger partial charge in [-0.1, -0.05) is 29.8 Å². The molecule has 2 aromatic heterocycles. The van der Waals surface area contributed by atoms with E-state index in [-0.39, 0.29) is 12.4 Å². The predicted molar refractivity (Wildman–Crippen MR) is 120 cm³/mol. The summed E-state index contributed by atoms with van der Waals surface area (Å²) in [5, 5.41) is 18.3. The number of ether oxygens (including phenoxy) is 1. The van der Waals surface area contributed by atoms with E-state index in [0.717, 1.165) is 11.1 Å². The van der Waals surface area contributed by atoms with Crippen LogP contribution in [0.1, 0.15) is 40.3 Å². The van der Waals surface area contributed by atoms with Crippen LogP contribution in [0.4, 0.5) is 17.5 Å². The van der Waals surface area contributed by atoms with Crippen LogP contribution in [-0.2, 0) is 4.74 Å². The number of nitriles is 1. The van der Waals surface area contributed by atoms with E-state index in [1.165, 1.54) is 6.33 Å². The van der Waals surface area contributed by atoms with Crippen LogP contribution in [0.3, 0.4) is 0 Å². The third kappa shape index (κ3) is 3.46. The van der Waals surface area contributed by atoms with Gasteiger partial charge in [0.05, 0.1) is 30.0 Å². The number of carbonyl (C=O) groups excluding carboxylic acids is 1. The molecule has 5 rings (SSSR count). The predicted octanol–water partition coefficient (Wildman–Crippen LogP) is 4.19. The Kier molecular flexibility index (Phi) is 5.20. The number of aromatic nitrogens is 5. The van der Waals surface area contributed by atoms with Gasteiger partial charge in [-0.25, -0.2) is 14.8 Å². The number of rotatable bonds is 4. The van der Waals surface area contributed by atoms with Crippen molar-refractivity contribution in [1.82, 2.24) is 24.7 Å². The molecule has 0 radical (unpaired) electrons. The molecule has 162 valence electrons. The van der Waals surface area contributed by atoms with Crippen LogP contribution < -0.4 is 4.90 Å². The zero-order valence-corrected chi connectivity index (χ0v) is 18.1. The van der Waals surface area contributed by atoms with Crippen molar-refractivity contribution in [1.29, 1.82) is 5.26 Å². The largest absolute Gasteiger partial charge is 0.460 e. The maximum atomic E-state index is 12.8. The summed E-state index contributed by atoms with van der Waals surface area (Å²) in [6, 6.07) is 15.9. The van der Waals surface area contributed by atoms with E-state index in [2.05, 4.69) is 26.2 Å². The molecule has 0 aliphatic carbocycles. The van der Waals surface area contributed by atoms with Crippen molar-refractivity contribution < 1.29 is 9.53 Å². The number of halogens is 1. The van der Waals surface area contributed by atoms with Crippen molar-refractivity contribution in [3.63, 3.8) is 0 Å². The van der Waals surface area contributed by atoms with E-state index >= 15 is 0 Å². The fourth-order valence-electron chi connectivity index (χ4n) is 3.88. The molecule has 10 heteroatoms.